The summed E-state index contributed by atoms with van der Waals surface area (Å²) in [4.78, 5) is 4.25. The van der Waals surface area contributed by atoms with E-state index in [1.54, 1.807) is 14.2 Å². The second-order valence-corrected chi connectivity index (χ2v) is 6.60. The molecule has 0 amide bonds. The second kappa shape index (κ2) is 8.78. The minimum Gasteiger partial charge on any atom is -0.379 e. The Bertz CT molecular complexity index is 461. The maximum Gasteiger partial charge on any atom is 0.191 e. The lowest BCUT2D eigenvalue weighted by molar-refractivity contribution is 0.0205. The Morgan fingerprint density at radius 3 is 2.64 bits per heavy atom. The first-order valence-electron chi connectivity index (χ1n) is 7.81. The van der Waals surface area contributed by atoms with Crippen molar-refractivity contribution in [1.29, 1.82) is 0 Å². The maximum atomic E-state index is 5.54. The van der Waals surface area contributed by atoms with Crippen LogP contribution in [0.5, 0.6) is 0 Å². The van der Waals surface area contributed by atoms with Crippen LogP contribution in [0.15, 0.2) is 17.4 Å². The molecule has 1 unspecified atom stereocenters. The standard InChI is InChI=1S/C16H31N5O/c1-16(2,3)14(22-6)11-19-15(17-4)18-9-7-8-13-10-20-21(5)12-13/h10,12,14H,7-9,11H2,1-6H3,(H2,17,18,19). The molecule has 126 valence electrons. The highest BCUT2D eigenvalue weighted by atomic mass is 16.5. The van der Waals surface area contributed by atoms with Crippen molar-refractivity contribution in [3.05, 3.63) is 18.0 Å². The largest absolute Gasteiger partial charge is 0.379 e. The van der Waals surface area contributed by atoms with Gasteiger partial charge in [0.25, 0.3) is 0 Å². The molecule has 0 aromatic carbocycles. The van der Waals surface area contributed by atoms with Crippen molar-refractivity contribution >= 4 is 5.96 Å². The van der Waals surface area contributed by atoms with E-state index in [0.717, 1.165) is 31.9 Å². The van der Waals surface area contributed by atoms with Gasteiger partial charge in [0, 0.05) is 40.5 Å². The van der Waals surface area contributed by atoms with Gasteiger partial charge in [0.2, 0.25) is 0 Å². The Morgan fingerprint density at radius 2 is 2.14 bits per heavy atom. The van der Waals surface area contributed by atoms with Crippen molar-refractivity contribution in [2.45, 2.75) is 39.7 Å². The molecular weight excluding hydrogens is 278 g/mol. The van der Waals surface area contributed by atoms with Crippen LogP contribution in [-0.2, 0) is 18.2 Å². The molecule has 0 saturated carbocycles. The summed E-state index contributed by atoms with van der Waals surface area (Å²) in [6, 6.07) is 0. The van der Waals surface area contributed by atoms with Crippen LogP contribution >= 0.6 is 0 Å². The van der Waals surface area contributed by atoms with Gasteiger partial charge in [-0.15, -0.1) is 0 Å². The minimum atomic E-state index is 0.0981. The third kappa shape index (κ3) is 6.47. The van der Waals surface area contributed by atoms with Crippen LogP contribution in [0, 0.1) is 5.41 Å². The van der Waals surface area contributed by atoms with Gasteiger partial charge in [-0.2, -0.15) is 5.10 Å². The molecule has 0 saturated heterocycles. The van der Waals surface area contributed by atoms with Crippen LogP contribution in [0.3, 0.4) is 0 Å². The van der Waals surface area contributed by atoms with E-state index in [0.29, 0.717) is 0 Å². The molecule has 22 heavy (non-hydrogen) atoms. The third-order valence-corrected chi connectivity index (χ3v) is 3.62. The smallest absolute Gasteiger partial charge is 0.191 e. The van der Waals surface area contributed by atoms with E-state index in [4.69, 9.17) is 4.74 Å². The number of hydrogen-bond donors (Lipinski definition) is 2. The highest BCUT2D eigenvalue weighted by Gasteiger charge is 2.24. The molecule has 1 heterocycles. The Balaban J connectivity index is 2.27. The zero-order chi connectivity index (χ0) is 16.6. The van der Waals surface area contributed by atoms with E-state index in [9.17, 15) is 0 Å². The number of aliphatic imine (C=N–C) groups is 1. The summed E-state index contributed by atoms with van der Waals surface area (Å²) in [6.07, 6.45) is 6.17. The normalized spacial score (nSPS) is 14.0. The zero-order valence-corrected chi connectivity index (χ0v) is 14.8. The molecule has 0 fully saturated rings. The van der Waals surface area contributed by atoms with E-state index in [1.165, 1.54) is 5.56 Å². The number of rotatable bonds is 7. The molecule has 0 aliphatic carbocycles. The molecule has 1 aromatic heterocycles. The van der Waals surface area contributed by atoms with Gasteiger partial charge in [-0.1, -0.05) is 20.8 Å². The van der Waals surface area contributed by atoms with Gasteiger partial charge in [-0.25, -0.2) is 0 Å². The Labute approximate surface area is 134 Å². The van der Waals surface area contributed by atoms with Crippen molar-refractivity contribution in [3.63, 3.8) is 0 Å². The first kappa shape index (κ1) is 18.5. The van der Waals surface area contributed by atoms with Gasteiger partial charge in [0.1, 0.15) is 0 Å². The lowest BCUT2D eigenvalue weighted by atomic mass is 9.89. The number of aryl methyl sites for hydroxylation is 2. The predicted molar refractivity (Wildman–Crippen MR) is 91.1 cm³/mol. The third-order valence-electron chi connectivity index (χ3n) is 3.62. The van der Waals surface area contributed by atoms with E-state index < -0.39 is 0 Å². The molecule has 2 N–H and O–H groups in total. The van der Waals surface area contributed by atoms with Crippen molar-refractivity contribution in [2.75, 3.05) is 27.2 Å². The molecule has 1 atom stereocenters. The van der Waals surface area contributed by atoms with Gasteiger partial charge < -0.3 is 15.4 Å². The number of aromatic nitrogens is 2. The molecule has 0 radical (unpaired) electrons. The molecule has 0 aliphatic rings. The molecule has 6 nitrogen and oxygen atoms in total. The van der Waals surface area contributed by atoms with E-state index in [1.807, 2.05) is 17.9 Å². The summed E-state index contributed by atoms with van der Waals surface area (Å²) in [7, 11) is 5.48. The average Bonchev–Trinajstić information content (AvgIpc) is 2.86. The molecule has 0 spiro atoms. The van der Waals surface area contributed by atoms with Crippen molar-refractivity contribution in [3.8, 4) is 0 Å². The van der Waals surface area contributed by atoms with Gasteiger partial charge in [-0.05, 0) is 23.8 Å². The lowest BCUT2D eigenvalue weighted by Gasteiger charge is -2.30. The minimum absolute atomic E-state index is 0.0981. The number of hydrogen-bond acceptors (Lipinski definition) is 3. The topological polar surface area (TPSA) is 63.5 Å². The quantitative estimate of drug-likeness (QED) is 0.456. The fourth-order valence-corrected chi connectivity index (χ4v) is 2.25. The first-order chi connectivity index (χ1) is 10.4. The maximum absolute atomic E-state index is 5.54. The first-order valence-corrected chi connectivity index (χ1v) is 7.81. The molecule has 1 rings (SSSR count). The van der Waals surface area contributed by atoms with E-state index in [2.05, 4.69) is 47.7 Å². The van der Waals surface area contributed by atoms with Crippen molar-refractivity contribution < 1.29 is 4.74 Å². The number of ether oxygens (including phenoxy) is 1. The Hall–Kier alpha value is -1.56. The van der Waals surface area contributed by atoms with Crippen LogP contribution in [0.4, 0.5) is 0 Å². The number of guanidine groups is 1. The van der Waals surface area contributed by atoms with Gasteiger partial charge >= 0.3 is 0 Å². The van der Waals surface area contributed by atoms with Crippen molar-refractivity contribution in [2.24, 2.45) is 17.5 Å². The SMILES string of the molecule is CN=C(NCCCc1cnn(C)c1)NCC(OC)C(C)(C)C. The fraction of sp³-hybridized carbons (Fsp3) is 0.750. The number of methoxy groups -OCH3 is 1. The summed E-state index contributed by atoms with van der Waals surface area (Å²) in [5.41, 5.74) is 1.36. The zero-order valence-electron chi connectivity index (χ0n) is 14.8. The average molecular weight is 309 g/mol. The van der Waals surface area contributed by atoms with Gasteiger partial charge in [-0.3, -0.25) is 9.67 Å². The molecule has 0 aliphatic heterocycles. The molecule has 1 aromatic rings. The summed E-state index contributed by atoms with van der Waals surface area (Å²) < 4.78 is 7.37. The van der Waals surface area contributed by atoms with Crippen LogP contribution in [0.1, 0.15) is 32.8 Å². The summed E-state index contributed by atoms with van der Waals surface area (Å²) in [5, 5.41) is 10.8. The summed E-state index contributed by atoms with van der Waals surface area (Å²) in [5.74, 6) is 0.817. The van der Waals surface area contributed by atoms with Gasteiger partial charge in [0.05, 0.1) is 12.3 Å². The molecule has 6 heteroatoms. The van der Waals surface area contributed by atoms with Crippen LogP contribution in [0.2, 0.25) is 0 Å². The summed E-state index contributed by atoms with van der Waals surface area (Å²) >= 11 is 0. The highest BCUT2D eigenvalue weighted by molar-refractivity contribution is 5.79. The van der Waals surface area contributed by atoms with E-state index in [-0.39, 0.29) is 11.5 Å². The monoisotopic (exact) mass is 309 g/mol. The predicted octanol–water partition coefficient (Wildman–Crippen LogP) is 1.58. The lowest BCUT2D eigenvalue weighted by Crippen LogP contribution is -2.45. The Morgan fingerprint density at radius 1 is 1.41 bits per heavy atom. The number of nitrogens with one attached hydrogen (secondary N) is 2. The highest BCUT2D eigenvalue weighted by Crippen LogP contribution is 2.20. The Kier molecular flexibility index (Phi) is 7.38. The second-order valence-electron chi connectivity index (χ2n) is 6.60. The summed E-state index contributed by atoms with van der Waals surface area (Å²) in [6.45, 7) is 8.14. The molecular formula is C16H31N5O. The van der Waals surface area contributed by atoms with Crippen LogP contribution < -0.4 is 10.6 Å². The van der Waals surface area contributed by atoms with Crippen LogP contribution in [0.25, 0.3) is 0 Å². The van der Waals surface area contributed by atoms with Gasteiger partial charge in [0.15, 0.2) is 5.96 Å². The fourth-order valence-electron chi connectivity index (χ4n) is 2.25. The van der Waals surface area contributed by atoms with E-state index >= 15 is 0 Å². The molecule has 0 bridgehead atoms. The van der Waals surface area contributed by atoms with Crippen molar-refractivity contribution in [1.82, 2.24) is 20.4 Å². The number of nitrogens with zero attached hydrogens (tertiary/aromatic N) is 3. The van der Waals surface area contributed by atoms with Crippen LogP contribution in [-0.4, -0.2) is 49.1 Å².